The number of halogens is 1. The summed E-state index contributed by atoms with van der Waals surface area (Å²) in [6.45, 7) is 4.87. The van der Waals surface area contributed by atoms with Crippen LogP contribution in [0, 0.1) is 0 Å². The van der Waals surface area contributed by atoms with Gasteiger partial charge in [-0.1, -0.05) is 49.7 Å². The van der Waals surface area contributed by atoms with E-state index in [0.29, 0.717) is 6.54 Å². The standard InChI is InChI=1S/C17H20ClN/c1-3-12-5-6-13(4-2)17(9-12)16-8-7-15(18)10-14(16)11-19/h5-10H,3-4,11,19H2,1-2H3. The zero-order valence-corrected chi connectivity index (χ0v) is 12.3. The van der Waals surface area contributed by atoms with E-state index >= 15 is 0 Å². The number of hydrogen-bond acceptors (Lipinski definition) is 1. The van der Waals surface area contributed by atoms with Crippen LogP contribution in [0.5, 0.6) is 0 Å². The van der Waals surface area contributed by atoms with Gasteiger partial charge in [-0.05, 0) is 52.8 Å². The van der Waals surface area contributed by atoms with Crippen molar-refractivity contribution in [1.29, 1.82) is 0 Å². The third-order valence-corrected chi connectivity index (χ3v) is 3.78. The first-order valence-corrected chi connectivity index (χ1v) is 7.18. The van der Waals surface area contributed by atoms with Crippen molar-refractivity contribution < 1.29 is 0 Å². The van der Waals surface area contributed by atoms with Gasteiger partial charge >= 0.3 is 0 Å². The van der Waals surface area contributed by atoms with E-state index in [0.717, 1.165) is 23.4 Å². The molecular weight excluding hydrogens is 254 g/mol. The first-order valence-electron chi connectivity index (χ1n) is 6.80. The second-order valence-electron chi connectivity index (χ2n) is 4.70. The molecule has 0 bridgehead atoms. The summed E-state index contributed by atoms with van der Waals surface area (Å²) < 4.78 is 0. The highest BCUT2D eigenvalue weighted by Gasteiger charge is 2.09. The van der Waals surface area contributed by atoms with Crippen LogP contribution in [-0.4, -0.2) is 0 Å². The minimum absolute atomic E-state index is 0.509. The SMILES string of the molecule is CCc1ccc(CC)c(-c2ccc(Cl)cc2CN)c1. The van der Waals surface area contributed by atoms with Gasteiger partial charge in [-0.15, -0.1) is 0 Å². The van der Waals surface area contributed by atoms with Crippen LogP contribution in [0.1, 0.15) is 30.5 Å². The van der Waals surface area contributed by atoms with Gasteiger partial charge in [0.05, 0.1) is 0 Å². The Morgan fingerprint density at radius 3 is 2.32 bits per heavy atom. The second-order valence-corrected chi connectivity index (χ2v) is 5.14. The van der Waals surface area contributed by atoms with Gasteiger partial charge in [0.25, 0.3) is 0 Å². The fourth-order valence-electron chi connectivity index (χ4n) is 2.40. The van der Waals surface area contributed by atoms with Crippen LogP contribution in [0.3, 0.4) is 0 Å². The van der Waals surface area contributed by atoms with E-state index in [1.54, 1.807) is 0 Å². The first-order chi connectivity index (χ1) is 9.19. The second kappa shape index (κ2) is 6.23. The maximum absolute atomic E-state index is 6.06. The van der Waals surface area contributed by atoms with Gasteiger partial charge in [0, 0.05) is 11.6 Å². The number of hydrogen-bond donors (Lipinski definition) is 1. The molecule has 0 aliphatic carbocycles. The topological polar surface area (TPSA) is 26.0 Å². The van der Waals surface area contributed by atoms with E-state index in [1.165, 1.54) is 22.3 Å². The van der Waals surface area contributed by atoms with E-state index in [1.807, 2.05) is 12.1 Å². The Bertz CT molecular complexity index is 575. The molecule has 0 spiro atoms. The van der Waals surface area contributed by atoms with E-state index in [4.69, 9.17) is 17.3 Å². The molecule has 0 aliphatic heterocycles. The third-order valence-electron chi connectivity index (χ3n) is 3.54. The number of benzene rings is 2. The summed E-state index contributed by atoms with van der Waals surface area (Å²) in [5.74, 6) is 0. The van der Waals surface area contributed by atoms with Crippen molar-refractivity contribution in [2.45, 2.75) is 33.2 Å². The van der Waals surface area contributed by atoms with Gasteiger partial charge < -0.3 is 5.73 Å². The van der Waals surface area contributed by atoms with Crippen molar-refractivity contribution >= 4 is 11.6 Å². The van der Waals surface area contributed by atoms with Gasteiger partial charge in [0.15, 0.2) is 0 Å². The molecule has 100 valence electrons. The van der Waals surface area contributed by atoms with Crippen LogP contribution in [0.25, 0.3) is 11.1 Å². The molecule has 0 unspecified atom stereocenters. The summed E-state index contributed by atoms with van der Waals surface area (Å²) in [6.07, 6.45) is 2.06. The molecule has 2 N–H and O–H groups in total. The molecule has 1 nitrogen and oxygen atoms in total. The maximum Gasteiger partial charge on any atom is 0.0409 e. The van der Waals surface area contributed by atoms with Gasteiger partial charge in [-0.25, -0.2) is 0 Å². The quantitative estimate of drug-likeness (QED) is 0.866. The van der Waals surface area contributed by atoms with Crippen molar-refractivity contribution in [2.75, 3.05) is 0 Å². The van der Waals surface area contributed by atoms with Crippen LogP contribution >= 0.6 is 11.6 Å². The largest absolute Gasteiger partial charge is 0.326 e. The minimum atomic E-state index is 0.509. The number of nitrogens with two attached hydrogens (primary N) is 1. The predicted molar refractivity (Wildman–Crippen MR) is 83.5 cm³/mol. The summed E-state index contributed by atoms with van der Waals surface area (Å²) >= 11 is 6.06. The van der Waals surface area contributed by atoms with Crippen molar-refractivity contribution in [2.24, 2.45) is 5.73 Å². The van der Waals surface area contributed by atoms with Crippen molar-refractivity contribution in [3.63, 3.8) is 0 Å². The fourth-order valence-corrected chi connectivity index (χ4v) is 2.59. The van der Waals surface area contributed by atoms with Crippen LogP contribution in [0.15, 0.2) is 36.4 Å². The van der Waals surface area contributed by atoms with E-state index in [-0.39, 0.29) is 0 Å². The van der Waals surface area contributed by atoms with E-state index in [2.05, 4.69) is 38.1 Å². The molecule has 0 saturated carbocycles. The summed E-state index contributed by atoms with van der Waals surface area (Å²) in [7, 11) is 0. The molecule has 0 heterocycles. The smallest absolute Gasteiger partial charge is 0.0409 e. The molecular formula is C17H20ClN. The highest BCUT2D eigenvalue weighted by molar-refractivity contribution is 6.30. The Hall–Kier alpha value is -1.31. The van der Waals surface area contributed by atoms with Crippen molar-refractivity contribution in [3.05, 3.63) is 58.1 Å². The average molecular weight is 274 g/mol. The molecule has 2 aromatic rings. The lowest BCUT2D eigenvalue weighted by molar-refractivity contribution is 1.06. The molecule has 0 saturated heterocycles. The Labute approximate surface area is 120 Å². The average Bonchev–Trinajstić information content (AvgIpc) is 2.46. The lowest BCUT2D eigenvalue weighted by Crippen LogP contribution is -2.01. The van der Waals surface area contributed by atoms with E-state index in [9.17, 15) is 0 Å². The number of aryl methyl sites for hydroxylation is 2. The molecule has 2 aromatic carbocycles. The first kappa shape index (κ1) is 14.1. The van der Waals surface area contributed by atoms with Gasteiger partial charge in [0.1, 0.15) is 0 Å². The monoisotopic (exact) mass is 273 g/mol. The molecule has 0 aromatic heterocycles. The van der Waals surface area contributed by atoms with Gasteiger partial charge in [-0.2, -0.15) is 0 Å². The molecule has 0 amide bonds. The maximum atomic E-state index is 6.06. The molecule has 0 aliphatic rings. The molecule has 0 atom stereocenters. The summed E-state index contributed by atoms with van der Waals surface area (Å²) in [5.41, 5.74) is 12.2. The predicted octanol–water partition coefficient (Wildman–Crippen LogP) is 4.59. The summed E-state index contributed by atoms with van der Waals surface area (Å²) in [5, 5.41) is 0.744. The zero-order chi connectivity index (χ0) is 13.8. The van der Waals surface area contributed by atoms with Crippen molar-refractivity contribution in [1.82, 2.24) is 0 Å². The highest BCUT2D eigenvalue weighted by Crippen LogP contribution is 2.30. The minimum Gasteiger partial charge on any atom is -0.326 e. The lowest BCUT2D eigenvalue weighted by atomic mass is 9.92. The Morgan fingerprint density at radius 1 is 0.895 bits per heavy atom. The van der Waals surface area contributed by atoms with Crippen molar-refractivity contribution in [3.8, 4) is 11.1 Å². The Morgan fingerprint density at radius 2 is 1.68 bits per heavy atom. The Balaban J connectivity index is 2.62. The molecule has 2 rings (SSSR count). The fraction of sp³-hybridized carbons (Fsp3) is 0.294. The normalized spacial score (nSPS) is 10.7. The van der Waals surface area contributed by atoms with Crippen LogP contribution in [0.4, 0.5) is 0 Å². The van der Waals surface area contributed by atoms with Gasteiger partial charge in [-0.3, -0.25) is 0 Å². The van der Waals surface area contributed by atoms with Crippen LogP contribution in [-0.2, 0) is 19.4 Å². The third kappa shape index (κ3) is 2.99. The summed E-state index contributed by atoms with van der Waals surface area (Å²) in [6, 6.07) is 12.7. The molecule has 0 radical (unpaired) electrons. The lowest BCUT2D eigenvalue weighted by Gasteiger charge is -2.14. The van der Waals surface area contributed by atoms with E-state index < -0.39 is 0 Å². The van der Waals surface area contributed by atoms with Gasteiger partial charge in [0.2, 0.25) is 0 Å². The molecule has 19 heavy (non-hydrogen) atoms. The summed E-state index contributed by atoms with van der Waals surface area (Å²) in [4.78, 5) is 0. The zero-order valence-electron chi connectivity index (χ0n) is 11.5. The highest BCUT2D eigenvalue weighted by atomic mass is 35.5. The van der Waals surface area contributed by atoms with Crippen LogP contribution in [0.2, 0.25) is 5.02 Å². The molecule has 2 heteroatoms. The number of rotatable bonds is 4. The van der Waals surface area contributed by atoms with Crippen LogP contribution < -0.4 is 5.73 Å². The molecule has 0 fully saturated rings. The Kier molecular flexibility index (Phi) is 4.62.